The average molecular weight is 338 g/mol. The molecule has 0 spiro atoms. The zero-order valence-electron chi connectivity index (χ0n) is 14.4. The highest BCUT2D eigenvalue weighted by molar-refractivity contribution is 7.12. The van der Waals surface area contributed by atoms with Gasteiger partial charge in [-0.25, -0.2) is 4.79 Å². The lowest BCUT2D eigenvalue weighted by molar-refractivity contribution is 0.0151. The Labute approximate surface area is 142 Å². The predicted molar refractivity (Wildman–Crippen MR) is 91.8 cm³/mol. The Bertz CT molecular complexity index is 537. The molecule has 0 radical (unpaired) electrons. The molecule has 128 valence electrons. The maximum absolute atomic E-state index is 12.3. The summed E-state index contributed by atoms with van der Waals surface area (Å²) < 4.78 is 5.44. The van der Waals surface area contributed by atoms with E-state index in [1.807, 2.05) is 45.3 Å². The molecule has 1 aromatic heterocycles. The Kier molecular flexibility index (Phi) is 5.68. The molecule has 0 unspecified atom stereocenters. The van der Waals surface area contributed by atoms with Crippen LogP contribution in [0.25, 0.3) is 0 Å². The Hall–Kier alpha value is -1.56. The van der Waals surface area contributed by atoms with Crippen LogP contribution in [-0.4, -0.2) is 54.1 Å². The number of carbonyl (C=O) groups excluding carboxylic acids is 2. The third kappa shape index (κ3) is 5.23. The molecular weight excluding hydrogens is 312 g/mol. The molecule has 5 nitrogen and oxygen atoms in total. The third-order valence-corrected chi connectivity index (χ3v) is 4.64. The van der Waals surface area contributed by atoms with Crippen LogP contribution in [0.15, 0.2) is 17.5 Å². The molecule has 6 heteroatoms. The average Bonchev–Trinajstić information content (AvgIpc) is 2.99. The Morgan fingerprint density at radius 3 is 2.78 bits per heavy atom. The third-order valence-electron chi connectivity index (χ3n) is 3.78. The minimum absolute atomic E-state index is 0.0504. The fourth-order valence-corrected chi connectivity index (χ4v) is 3.48. The minimum atomic E-state index is -0.476. The smallest absolute Gasteiger partial charge is 0.410 e. The van der Waals surface area contributed by atoms with Crippen LogP contribution in [-0.2, 0) is 4.74 Å². The highest BCUT2D eigenvalue weighted by Gasteiger charge is 2.29. The van der Waals surface area contributed by atoms with Gasteiger partial charge in [0.25, 0.3) is 5.91 Å². The first-order valence-corrected chi connectivity index (χ1v) is 8.91. The van der Waals surface area contributed by atoms with Crippen LogP contribution in [0.3, 0.4) is 0 Å². The number of piperidine rings is 1. The molecule has 0 saturated carbocycles. The van der Waals surface area contributed by atoms with Gasteiger partial charge < -0.3 is 14.5 Å². The molecule has 1 atom stereocenters. The van der Waals surface area contributed by atoms with Crippen molar-refractivity contribution >= 4 is 23.3 Å². The number of ether oxygens (including phenoxy) is 1. The van der Waals surface area contributed by atoms with E-state index in [4.69, 9.17) is 4.74 Å². The van der Waals surface area contributed by atoms with E-state index in [0.29, 0.717) is 19.0 Å². The lowest BCUT2D eigenvalue weighted by Gasteiger charge is -2.35. The number of rotatable bonds is 3. The van der Waals surface area contributed by atoms with Crippen molar-refractivity contribution in [2.75, 3.05) is 26.7 Å². The van der Waals surface area contributed by atoms with Crippen molar-refractivity contribution in [3.05, 3.63) is 22.4 Å². The van der Waals surface area contributed by atoms with Gasteiger partial charge >= 0.3 is 6.09 Å². The second-order valence-corrected chi connectivity index (χ2v) is 8.05. The minimum Gasteiger partial charge on any atom is -0.444 e. The van der Waals surface area contributed by atoms with Crippen molar-refractivity contribution in [1.82, 2.24) is 9.80 Å². The second-order valence-electron chi connectivity index (χ2n) is 7.10. The topological polar surface area (TPSA) is 49.9 Å². The first-order valence-electron chi connectivity index (χ1n) is 8.03. The summed E-state index contributed by atoms with van der Waals surface area (Å²) in [6.45, 7) is 7.67. The molecule has 2 rings (SSSR count). The maximum Gasteiger partial charge on any atom is 0.410 e. The number of nitrogens with zero attached hydrogens (tertiary/aromatic N) is 2. The van der Waals surface area contributed by atoms with Gasteiger partial charge in [-0.15, -0.1) is 11.3 Å². The summed E-state index contributed by atoms with van der Waals surface area (Å²) in [5.74, 6) is 0.347. The molecule has 0 aromatic carbocycles. The second kappa shape index (κ2) is 7.34. The lowest BCUT2D eigenvalue weighted by atomic mass is 9.98. The summed E-state index contributed by atoms with van der Waals surface area (Å²) in [6, 6.07) is 3.73. The first kappa shape index (κ1) is 17.8. The van der Waals surface area contributed by atoms with Crippen LogP contribution in [0.4, 0.5) is 4.79 Å². The molecular formula is C17H26N2O3S. The summed E-state index contributed by atoms with van der Waals surface area (Å²) in [4.78, 5) is 28.8. The van der Waals surface area contributed by atoms with Crippen molar-refractivity contribution in [2.24, 2.45) is 5.92 Å². The van der Waals surface area contributed by atoms with Crippen LogP contribution >= 0.6 is 11.3 Å². The standard InChI is InChI=1S/C17H26N2O3S/c1-17(2,3)22-16(21)19-9-5-7-13(12-19)11-18(4)15(20)14-8-6-10-23-14/h6,8,10,13H,5,7,9,11-12H2,1-4H3/t13-/m0/s1. The predicted octanol–water partition coefficient (Wildman–Crippen LogP) is 3.47. The van der Waals surface area contributed by atoms with Gasteiger partial charge in [-0.2, -0.15) is 0 Å². The van der Waals surface area contributed by atoms with Gasteiger partial charge in [0.05, 0.1) is 4.88 Å². The summed E-state index contributed by atoms with van der Waals surface area (Å²) in [5.41, 5.74) is -0.476. The molecule has 2 amide bonds. The monoisotopic (exact) mass is 338 g/mol. The lowest BCUT2D eigenvalue weighted by Crippen LogP contribution is -2.45. The molecule has 1 aliphatic rings. The van der Waals surface area contributed by atoms with E-state index >= 15 is 0 Å². The summed E-state index contributed by atoms with van der Waals surface area (Å²) >= 11 is 1.46. The highest BCUT2D eigenvalue weighted by Crippen LogP contribution is 2.21. The number of thiophene rings is 1. The largest absolute Gasteiger partial charge is 0.444 e. The van der Waals surface area contributed by atoms with E-state index in [0.717, 1.165) is 24.3 Å². The number of hydrogen-bond donors (Lipinski definition) is 0. The summed E-state index contributed by atoms with van der Waals surface area (Å²) in [5, 5.41) is 1.91. The molecule has 0 N–H and O–H groups in total. The van der Waals surface area contributed by atoms with Crippen molar-refractivity contribution in [3.63, 3.8) is 0 Å². The molecule has 1 aliphatic heterocycles. The van der Waals surface area contributed by atoms with Crippen molar-refractivity contribution in [2.45, 2.75) is 39.2 Å². The van der Waals surface area contributed by atoms with Gasteiger partial charge in [-0.3, -0.25) is 4.79 Å². The molecule has 0 aliphatic carbocycles. The molecule has 0 bridgehead atoms. The van der Waals surface area contributed by atoms with Crippen LogP contribution in [0.2, 0.25) is 0 Å². The van der Waals surface area contributed by atoms with Crippen LogP contribution in [0.5, 0.6) is 0 Å². The normalized spacial score (nSPS) is 18.6. The van der Waals surface area contributed by atoms with Crippen molar-refractivity contribution in [3.8, 4) is 0 Å². The number of hydrogen-bond acceptors (Lipinski definition) is 4. The fourth-order valence-electron chi connectivity index (χ4n) is 2.76. The van der Waals surface area contributed by atoms with E-state index in [1.54, 1.807) is 9.80 Å². The highest BCUT2D eigenvalue weighted by atomic mass is 32.1. The van der Waals surface area contributed by atoms with Gasteiger partial charge in [0.15, 0.2) is 0 Å². The van der Waals surface area contributed by atoms with Gasteiger partial charge in [0, 0.05) is 26.7 Å². The fraction of sp³-hybridized carbons (Fsp3) is 0.647. The number of carbonyl (C=O) groups is 2. The number of likely N-dealkylation sites (tertiary alicyclic amines) is 1. The van der Waals surface area contributed by atoms with Crippen LogP contribution < -0.4 is 0 Å². The van der Waals surface area contributed by atoms with Crippen LogP contribution in [0, 0.1) is 5.92 Å². The summed E-state index contributed by atoms with van der Waals surface area (Å²) in [7, 11) is 1.83. The van der Waals surface area contributed by atoms with Gasteiger partial charge in [-0.1, -0.05) is 6.07 Å². The Morgan fingerprint density at radius 2 is 2.17 bits per heavy atom. The van der Waals surface area contributed by atoms with Crippen LogP contribution in [0.1, 0.15) is 43.3 Å². The van der Waals surface area contributed by atoms with Crippen molar-refractivity contribution in [1.29, 1.82) is 0 Å². The Balaban J connectivity index is 1.88. The van der Waals surface area contributed by atoms with E-state index in [2.05, 4.69) is 0 Å². The quantitative estimate of drug-likeness (QED) is 0.848. The zero-order chi connectivity index (χ0) is 17.0. The molecule has 23 heavy (non-hydrogen) atoms. The van der Waals surface area contributed by atoms with Gasteiger partial charge in [0.1, 0.15) is 5.60 Å². The van der Waals surface area contributed by atoms with E-state index < -0.39 is 5.60 Å². The number of amides is 2. The zero-order valence-corrected chi connectivity index (χ0v) is 15.2. The SMILES string of the molecule is CN(C[C@@H]1CCCN(C(=O)OC(C)(C)C)C1)C(=O)c1cccs1. The first-order chi connectivity index (χ1) is 10.8. The maximum atomic E-state index is 12.3. The summed E-state index contributed by atoms with van der Waals surface area (Å²) in [6.07, 6.45) is 1.72. The molecule has 1 aromatic rings. The van der Waals surface area contributed by atoms with E-state index in [9.17, 15) is 9.59 Å². The van der Waals surface area contributed by atoms with Crippen molar-refractivity contribution < 1.29 is 14.3 Å². The van der Waals surface area contributed by atoms with E-state index in [-0.39, 0.29) is 12.0 Å². The van der Waals surface area contributed by atoms with Gasteiger partial charge in [0.2, 0.25) is 0 Å². The Morgan fingerprint density at radius 1 is 1.43 bits per heavy atom. The molecule has 1 fully saturated rings. The molecule has 1 saturated heterocycles. The van der Waals surface area contributed by atoms with Gasteiger partial charge in [-0.05, 0) is 51.0 Å². The molecule has 2 heterocycles. The van der Waals surface area contributed by atoms with E-state index in [1.165, 1.54) is 11.3 Å².